The first kappa shape index (κ1) is 19.7. The summed E-state index contributed by atoms with van der Waals surface area (Å²) < 4.78 is 1.81. The van der Waals surface area contributed by atoms with Crippen LogP contribution in [0.4, 0.5) is 11.4 Å². The van der Waals surface area contributed by atoms with E-state index >= 15 is 0 Å². The van der Waals surface area contributed by atoms with Gasteiger partial charge in [0.1, 0.15) is 0 Å². The van der Waals surface area contributed by atoms with Crippen LogP contribution in [0.25, 0.3) is 5.69 Å². The van der Waals surface area contributed by atoms with E-state index in [0.29, 0.717) is 17.3 Å². The summed E-state index contributed by atoms with van der Waals surface area (Å²) >= 11 is 0. The van der Waals surface area contributed by atoms with E-state index in [2.05, 4.69) is 36.1 Å². The zero-order valence-electron chi connectivity index (χ0n) is 17.2. The van der Waals surface area contributed by atoms with Crippen molar-refractivity contribution < 1.29 is 4.79 Å². The Balaban J connectivity index is 1.81. The van der Waals surface area contributed by atoms with E-state index in [-0.39, 0.29) is 5.91 Å². The summed E-state index contributed by atoms with van der Waals surface area (Å²) in [5.41, 5.74) is 5.03. The highest BCUT2D eigenvalue weighted by atomic mass is 16.1. The molecule has 3 aromatic rings. The van der Waals surface area contributed by atoms with Crippen molar-refractivity contribution in [1.29, 1.82) is 0 Å². The minimum atomic E-state index is -0.138. The van der Waals surface area contributed by atoms with Crippen LogP contribution in [0.3, 0.4) is 0 Å². The number of para-hydroxylation sites is 1. The molecule has 0 atom stereocenters. The highest BCUT2D eigenvalue weighted by Gasteiger charge is 2.19. The Morgan fingerprint density at radius 2 is 1.71 bits per heavy atom. The van der Waals surface area contributed by atoms with Gasteiger partial charge in [-0.05, 0) is 71.0 Å². The van der Waals surface area contributed by atoms with Crippen molar-refractivity contribution in [3.8, 4) is 5.69 Å². The number of amides is 1. The zero-order valence-corrected chi connectivity index (χ0v) is 17.2. The molecule has 0 fully saturated rings. The van der Waals surface area contributed by atoms with Gasteiger partial charge < -0.3 is 10.2 Å². The molecule has 0 aliphatic rings. The average Bonchev–Trinajstić information content (AvgIpc) is 2.98. The first-order chi connectivity index (χ1) is 13.4. The maximum Gasteiger partial charge on any atom is 0.259 e. The number of rotatable bonds is 6. The Bertz CT molecular complexity index is 943. The van der Waals surface area contributed by atoms with Gasteiger partial charge >= 0.3 is 0 Å². The lowest BCUT2D eigenvalue weighted by Gasteiger charge is -2.27. The molecule has 1 amide bonds. The van der Waals surface area contributed by atoms with Gasteiger partial charge in [-0.2, -0.15) is 5.10 Å². The Labute approximate surface area is 167 Å². The van der Waals surface area contributed by atoms with Crippen molar-refractivity contribution in [3.05, 3.63) is 71.5 Å². The predicted molar refractivity (Wildman–Crippen MR) is 116 cm³/mol. The summed E-state index contributed by atoms with van der Waals surface area (Å²) in [7, 11) is 0. The summed E-state index contributed by atoms with van der Waals surface area (Å²) in [6.07, 6.45) is 0. The number of nitrogens with zero attached hydrogens (tertiary/aromatic N) is 3. The zero-order chi connectivity index (χ0) is 20.3. The molecule has 0 aliphatic heterocycles. The summed E-state index contributed by atoms with van der Waals surface area (Å²) in [5.74, 6) is -0.138. The highest BCUT2D eigenvalue weighted by molar-refractivity contribution is 6.06. The van der Waals surface area contributed by atoms with Crippen LogP contribution in [0, 0.1) is 13.8 Å². The molecule has 0 saturated carbocycles. The maximum atomic E-state index is 12.9. The molecular formula is C23H28N4O. The molecule has 0 saturated heterocycles. The molecule has 146 valence electrons. The molecule has 0 bridgehead atoms. The first-order valence-corrected chi connectivity index (χ1v) is 9.72. The third-order valence-electron chi connectivity index (χ3n) is 4.94. The van der Waals surface area contributed by atoms with Gasteiger partial charge in [-0.1, -0.05) is 18.2 Å². The number of hydrogen-bond donors (Lipinski definition) is 1. The number of aryl methyl sites for hydroxylation is 1. The van der Waals surface area contributed by atoms with Crippen molar-refractivity contribution in [2.24, 2.45) is 0 Å². The molecule has 1 aromatic heterocycles. The van der Waals surface area contributed by atoms with E-state index in [1.807, 2.05) is 73.1 Å². The third kappa shape index (κ3) is 3.93. The van der Waals surface area contributed by atoms with Crippen LogP contribution in [0.15, 0.2) is 54.6 Å². The molecule has 2 aromatic carbocycles. The molecule has 5 heteroatoms. The Morgan fingerprint density at radius 1 is 1.07 bits per heavy atom. The van der Waals surface area contributed by atoms with Gasteiger partial charge in [0.25, 0.3) is 5.91 Å². The van der Waals surface area contributed by atoms with Gasteiger partial charge in [-0.15, -0.1) is 0 Å². The minimum Gasteiger partial charge on any atom is -0.369 e. The second kappa shape index (κ2) is 8.30. The number of carbonyl (C=O) groups is 1. The molecule has 3 rings (SSSR count). The topological polar surface area (TPSA) is 50.2 Å². The van der Waals surface area contributed by atoms with Crippen molar-refractivity contribution in [3.63, 3.8) is 0 Å². The lowest BCUT2D eigenvalue weighted by molar-refractivity contribution is 0.102. The van der Waals surface area contributed by atoms with Crippen LogP contribution in [-0.2, 0) is 0 Å². The Hall–Kier alpha value is -3.08. The molecule has 0 spiro atoms. The quantitative estimate of drug-likeness (QED) is 0.660. The molecule has 28 heavy (non-hydrogen) atoms. The van der Waals surface area contributed by atoms with Crippen molar-refractivity contribution >= 4 is 17.3 Å². The smallest absolute Gasteiger partial charge is 0.259 e. The van der Waals surface area contributed by atoms with Gasteiger partial charge in [0.15, 0.2) is 0 Å². The lowest BCUT2D eigenvalue weighted by atomic mass is 10.1. The molecule has 0 aliphatic carbocycles. The van der Waals surface area contributed by atoms with Crippen LogP contribution in [0.2, 0.25) is 0 Å². The number of hydrogen-bond acceptors (Lipinski definition) is 3. The SMILES string of the molecule is CCN(c1ccc(NC(=O)c2c(C)nn(-c3ccccc3)c2C)cc1)C(C)C. The van der Waals surface area contributed by atoms with Crippen molar-refractivity contribution in [1.82, 2.24) is 9.78 Å². The fraction of sp³-hybridized carbons (Fsp3) is 0.304. The summed E-state index contributed by atoms with van der Waals surface area (Å²) in [4.78, 5) is 15.2. The fourth-order valence-electron chi connectivity index (χ4n) is 3.57. The largest absolute Gasteiger partial charge is 0.369 e. The second-order valence-corrected chi connectivity index (χ2v) is 7.17. The average molecular weight is 377 g/mol. The van der Waals surface area contributed by atoms with E-state index in [0.717, 1.165) is 29.3 Å². The molecule has 1 heterocycles. The number of benzene rings is 2. The fourth-order valence-corrected chi connectivity index (χ4v) is 3.57. The van der Waals surface area contributed by atoms with Crippen LogP contribution in [-0.4, -0.2) is 28.3 Å². The van der Waals surface area contributed by atoms with E-state index in [9.17, 15) is 4.79 Å². The van der Waals surface area contributed by atoms with Crippen LogP contribution >= 0.6 is 0 Å². The van der Waals surface area contributed by atoms with Gasteiger partial charge in [0.05, 0.1) is 22.6 Å². The minimum absolute atomic E-state index is 0.138. The van der Waals surface area contributed by atoms with Crippen LogP contribution in [0.5, 0.6) is 0 Å². The second-order valence-electron chi connectivity index (χ2n) is 7.17. The van der Waals surface area contributed by atoms with Crippen LogP contribution < -0.4 is 10.2 Å². The van der Waals surface area contributed by atoms with Crippen molar-refractivity contribution in [2.45, 2.75) is 40.7 Å². The number of nitrogens with one attached hydrogen (secondary N) is 1. The molecule has 0 radical (unpaired) electrons. The Morgan fingerprint density at radius 3 is 2.29 bits per heavy atom. The molecular weight excluding hydrogens is 348 g/mol. The van der Waals surface area contributed by atoms with Crippen LogP contribution in [0.1, 0.15) is 42.5 Å². The predicted octanol–water partition coefficient (Wildman–Crippen LogP) is 4.98. The number of anilines is 2. The summed E-state index contributed by atoms with van der Waals surface area (Å²) in [6, 6.07) is 18.3. The van der Waals surface area contributed by atoms with E-state index in [1.54, 1.807) is 0 Å². The number of carbonyl (C=O) groups excluding carboxylic acids is 1. The summed E-state index contributed by atoms with van der Waals surface area (Å²) in [5, 5.41) is 7.57. The highest BCUT2D eigenvalue weighted by Crippen LogP contribution is 2.22. The lowest BCUT2D eigenvalue weighted by Crippen LogP contribution is -2.30. The molecule has 1 N–H and O–H groups in total. The number of aromatic nitrogens is 2. The third-order valence-corrected chi connectivity index (χ3v) is 4.94. The molecule has 5 nitrogen and oxygen atoms in total. The first-order valence-electron chi connectivity index (χ1n) is 9.72. The van der Waals surface area contributed by atoms with E-state index < -0.39 is 0 Å². The van der Waals surface area contributed by atoms with Gasteiger partial charge in [-0.3, -0.25) is 4.79 Å². The summed E-state index contributed by atoms with van der Waals surface area (Å²) in [6.45, 7) is 11.2. The maximum absolute atomic E-state index is 12.9. The Kier molecular flexibility index (Phi) is 5.83. The van der Waals surface area contributed by atoms with Gasteiger partial charge in [-0.25, -0.2) is 4.68 Å². The van der Waals surface area contributed by atoms with E-state index in [1.165, 1.54) is 0 Å². The van der Waals surface area contributed by atoms with E-state index in [4.69, 9.17) is 0 Å². The normalized spacial score (nSPS) is 10.9. The molecule has 0 unspecified atom stereocenters. The van der Waals surface area contributed by atoms with Crippen molar-refractivity contribution in [2.75, 3.05) is 16.8 Å². The standard InChI is InChI=1S/C23H28N4O/c1-6-26(16(2)3)20-14-12-19(13-15-20)24-23(28)22-17(4)25-27(18(22)5)21-10-8-7-9-11-21/h7-16H,6H2,1-5H3,(H,24,28). The van der Waals surface area contributed by atoms with Gasteiger partial charge in [0, 0.05) is 24.0 Å². The van der Waals surface area contributed by atoms with Gasteiger partial charge in [0.2, 0.25) is 0 Å². The monoisotopic (exact) mass is 376 g/mol.